The molecule has 0 radical (unpaired) electrons. The Morgan fingerprint density at radius 3 is 2.70 bits per heavy atom. The summed E-state index contributed by atoms with van der Waals surface area (Å²) in [6, 6.07) is 8.26. The molecule has 0 spiro atoms. The van der Waals surface area contributed by atoms with Crippen LogP contribution in [0.5, 0.6) is 5.75 Å². The topological polar surface area (TPSA) is 83.7 Å². The first kappa shape index (κ1) is 20.8. The second-order valence-corrected chi connectivity index (χ2v) is 8.49. The Balaban J connectivity index is 1.39. The molecule has 1 saturated heterocycles. The quantitative estimate of drug-likeness (QED) is 0.777. The summed E-state index contributed by atoms with van der Waals surface area (Å²) in [7, 11) is 1.65. The molecular formula is C22H31N5O3. The first-order valence-corrected chi connectivity index (χ1v) is 10.7. The number of aliphatic hydroxyl groups is 1. The van der Waals surface area contributed by atoms with E-state index in [1.54, 1.807) is 7.11 Å². The third-order valence-corrected chi connectivity index (χ3v) is 6.20. The molecule has 1 aromatic heterocycles. The van der Waals surface area contributed by atoms with E-state index in [1.807, 2.05) is 29.2 Å². The van der Waals surface area contributed by atoms with Crippen molar-refractivity contribution >= 4 is 5.91 Å². The number of carbonyl (C=O) groups excluding carboxylic acids is 1. The molecule has 0 aliphatic carbocycles. The number of β-amino-alcohol motifs (C(OH)–C–C–N with tert-alkyl or cyclic N) is 1. The van der Waals surface area contributed by atoms with Gasteiger partial charge in [0.15, 0.2) is 11.6 Å². The van der Waals surface area contributed by atoms with Crippen LogP contribution < -0.4 is 4.74 Å². The Morgan fingerprint density at radius 2 is 2.00 bits per heavy atom. The molecule has 0 saturated carbocycles. The van der Waals surface area contributed by atoms with E-state index in [2.05, 4.69) is 33.5 Å². The second kappa shape index (κ2) is 8.73. The lowest BCUT2D eigenvalue weighted by atomic mass is 10.1. The van der Waals surface area contributed by atoms with Gasteiger partial charge in [-0.15, -0.1) is 10.2 Å². The van der Waals surface area contributed by atoms with Crippen LogP contribution in [-0.2, 0) is 24.3 Å². The highest BCUT2D eigenvalue weighted by Gasteiger charge is 2.38. The predicted octanol–water partition coefficient (Wildman–Crippen LogP) is 1.78. The molecule has 1 N–H and O–H groups in total. The van der Waals surface area contributed by atoms with Crippen LogP contribution in [0, 0.1) is 0 Å². The maximum Gasteiger partial charge on any atom is 0.223 e. The number of methoxy groups -OCH3 is 1. The maximum atomic E-state index is 12.8. The largest absolute Gasteiger partial charge is 0.497 e. The molecule has 2 aliphatic heterocycles. The number of aryl methyl sites for hydroxylation is 1. The van der Waals surface area contributed by atoms with E-state index in [1.165, 1.54) is 0 Å². The van der Waals surface area contributed by atoms with Crippen molar-refractivity contribution in [3.05, 3.63) is 41.5 Å². The van der Waals surface area contributed by atoms with Gasteiger partial charge in [0.25, 0.3) is 0 Å². The first-order valence-electron chi connectivity index (χ1n) is 10.7. The number of amides is 1. The number of hydrogen-bond acceptors (Lipinski definition) is 6. The minimum Gasteiger partial charge on any atom is -0.497 e. The van der Waals surface area contributed by atoms with Crippen LogP contribution in [0.1, 0.15) is 49.9 Å². The lowest BCUT2D eigenvalue weighted by molar-refractivity contribution is -0.132. The van der Waals surface area contributed by atoms with Crippen LogP contribution in [0.3, 0.4) is 0 Å². The van der Waals surface area contributed by atoms with Gasteiger partial charge in [0, 0.05) is 32.1 Å². The Labute approximate surface area is 177 Å². The summed E-state index contributed by atoms with van der Waals surface area (Å²) in [5.74, 6) is 2.71. The molecule has 1 fully saturated rings. The number of aliphatic hydroxyl groups excluding tert-OH is 1. The highest BCUT2D eigenvalue weighted by Crippen LogP contribution is 2.33. The van der Waals surface area contributed by atoms with E-state index >= 15 is 0 Å². The van der Waals surface area contributed by atoms with E-state index in [4.69, 9.17) is 4.74 Å². The van der Waals surface area contributed by atoms with E-state index in [-0.39, 0.29) is 18.1 Å². The van der Waals surface area contributed by atoms with Crippen molar-refractivity contribution in [1.82, 2.24) is 24.6 Å². The Kier molecular flexibility index (Phi) is 6.06. The number of ether oxygens (including phenoxy) is 1. The number of rotatable bonds is 6. The van der Waals surface area contributed by atoms with Crippen molar-refractivity contribution in [3.8, 4) is 5.75 Å². The molecule has 30 heavy (non-hydrogen) atoms. The summed E-state index contributed by atoms with van der Waals surface area (Å²) >= 11 is 0. The average molecular weight is 414 g/mol. The summed E-state index contributed by atoms with van der Waals surface area (Å²) in [5, 5.41) is 19.0. The van der Waals surface area contributed by atoms with Gasteiger partial charge in [0.05, 0.1) is 25.8 Å². The molecule has 1 amide bonds. The SMILES string of the molecule is COc1ccc(CCC(=O)N2CCn3c(nnc3[C@@H]3C[C@@H](O)CN3C(C)C)C2)cc1. The van der Waals surface area contributed by atoms with Gasteiger partial charge in [-0.3, -0.25) is 9.69 Å². The highest BCUT2D eigenvalue weighted by molar-refractivity contribution is 5.76. The van der Waals surface area contributed by atoms with Crippen LogP contribution in [-0.4, -0.2) is 67.9 Å². The zero-order valence-electron chi connectivity index (χ0n) is 18.0. The number of fused-ring (bicyclic) bond motifs is 1. The predicted molar refractivity (Wildman–Crippen MR) is 112 cm³/mol. The molecule has 4 rings (SSSR count). The van der Waals surface area contributed by atoms with Crippen LogP contribution in [0.25, 0.3) is 0 Å². The standard InChI is InChI=1S/C22H31N5O3/c1-15(2)27-13-17(28)12-19(27)22-24-23-20-14-25(10-11-26(20)22)21(29)9-6-16-4-7-18(30-3)8-5-16/h4-5,7-8,15,17,19,28H,6,9-14H2,1-3H3/t17-,19+/m1/s1. The number of nitrogens with zero attached hydrogens (tertiary/aromatic N) is 5. The van der Waals surface area contributed by atoms with E-state index in [0.29, 0.717) is 51.5 Å². The third kappa shape index (κ3) is 4.20. The number of carbonyl (C=O) groups is 1. The average Bonchev–Trinajstić information content (AvgIpc) is 3.35. The molecule has 8 nitrogen and oxygen atoms in total. The van der Waals surface area contributed by atoms with Gasteiger partial charge >= 0.3 is 0 Å². The maximum absolute atomic E-state index is 12.8. The van der Waals surface area contributed by atoms with E-state index in [0.717, 1.165) is 23.0 Å². The molecule has 162 valence electrons. The molecule has 2 atom stereocenters. The normalized spacial score (nSPS) is 21.8. The Bertz CT molecular complexity index is 879. The van der Waals surface area contributed by atoms with E-state index < -0.39 is 0 Å². The van der Waals surface area contributed by atoms with Gasteiger partial charge in [-0.05, 0) is 44.4 Å². The molecule has 2 aliphatic rings. The summed E-state index contributed by atoms with van der Waals surface area (Å²) in [5.41, 5.74) is 1.13. The van der Waals surface area contributed by atoms with Gasteiger partial charge in [0.2, 0.25) is 5.91 Å². The van der Waals surface area contributed by atoms with Gasteiger partial charge in [0.1, 0.15) is 5.75 Å². The number of benzene rings is 1. The first-order chi connectivity index (χ1) is 14.5. The third-order valence-electron chi connectivity index (χ3n) is 6.20. The minimum absolute atomic E-state index is 0.0820. The molecule has 1 aromatic carbocycles. The Morgan fingerprint density at radius 1 is 1.23 bits per heavy atom. The summed E-state index contributed by atoms with van der Waals surface area (Å²) < 4.78 is 7.32. The monoisotopic (exact) mass is 413 g/mol. The molecule has 8 heteroatoms. The summed E-state index contributed by atoms with van der Waals surface area (Å²) in [6.45, 7) is 6.80. The lowest BCUT2D eigenvalue weighted by Gasteiger charge is -2.31. The Hall–Kier alpha value is -2.45. The van der Waals surface area contributed by atoms with Crippen LogP contribution >= 0.6 is 0 Å². The van der Waals surface area contributed by atoms with E-state index in [9.17, 15) is 9.90 Å². The zero-order chi connectivity index (χ0) is 21.3. The minimum atomic E-state index is -0.329. The fraction of sp³-hybridized carbons (Fsp3) is 0.591. The van der Waals surface area contributed by atoms with Crippen molar-refractivity contribution in [2.24, 2.45) is 0 Å². The van der Waals surface area contributed by atoms with Crippen molar-refractivity contribution in [1.29, 1.82) is 0 Å². The fourth-order valence-electron chi connectivity index (χ4n) is 4.50. The van der Waals surface area contributed by atoms with Gasteiger partial charge < -0.3 is 19.3 Å². The van der Waals surface area contributed by atoms with Crippen LogP contribution in [0.4, 0.5) is 0 Å². The fourth-order valence-corrected chi connectivity index (χ4v) is 4.50. The van der Waals surface area contributed by atoms with Crippen molar-refractivity contribution in [3.63, 3.8) is 0 Å². The number of likely N-dealkylation sites (tertiary alicyclic amines) is 1. The van der Waals surface area contributed by atoms with Gasteiger partial charge in [-0.2, -0.15) is 0 Å². The van der Waals surface area contributed by atoms with Crippen LogP contribution in [0.2, 0.25) is 0 Å². The molecule has 0 bridgehead atoms. The smallest absolute Gasteiger partial charge is 0.223 e. The van der Waals surface area contributed by atoms with Gasteiger partial charge in [-0.1, -0.05) is 12.1 Å². The van der Waals surface area contributed by atoms with Crippen molar-refractivity contribution < 1.29 is 14.6 Å². The highest BCUT2D eigenvalue weighted by atomic mass is 16.5. The summed E-state index contributed by atoms with van der Waals surface area (Å²) in [6.07, 6.45) is 1.54. The molecule has 2 aromatic rings. The molecule has 3 heterocycles. The zero-order valence-corrected chi connectivity index (χ0v) is 18.0. The van der Waals surface area contributed by atoms with Crippen LogP contribution in [0.15, 0.2) is 24.3 Å². The number of hydrogen-bond donors (Lipinski definition) is 1. The van der Waals surface area contributed by atoms with Gasteiger partial charge in [-0.25, -0.2) is 0 Å². The number of aromatic nitrogens is 3. The van der Waals surface area contributed by atoms with Crippen molar-refractivity contribution in [2.45, 2.75) is 64.4 Å². The molecule has 0 unspecified atom stereocenters. The second-order valence-electron chi connectivity index (χ2n) is 8.49. The lowest BCUT2D eigenvalue weighted by Crippen LogP contribution is -2.40. The summed E-state index contributed by atoms with van der Waals surface area (Å²) in [4.78, 5) is 16.9. The molecular weight excluding hydrogens is 382 g/mol. The van der Waals surface area contributed by atoms with Crippen molar-refractivity contribution in [2.75, 3.05) is 20.2 Å².